The van der Waals surface area contributed by atoms with Crippen LogP contribution < -0.4 is 15.4 Å². The summed E-state index contributed by atoms with van der Waals surface area (Å²) >= 11 is 0. The first-order valence-electron chi connectivity index (χ1n) is 7.43. The Balaban J connectivity index is 1.97. The van der Waals surface area contributed by atoms with Crippen LogP contribution in [0.4, 0.5) is 4.39 Å². The van der Waals surface area contributed by atoms with Crippen LogP contribution in [0.15, 0.2) is 47.5 Å². The number of guanidine groups is 1. The molecule has 0 saturated heterocycles. The van der Waals surface area contributed by atoms with Gasteiger partial charge in [-0.1, -0.05) is 18.2 Å². The Morgan fingerprint density at radius 3 is 2.54 bits per heavy atom. The van der Waals surface area contributed by atoms with E-state index < -0.39 is 0 Å². The van der Waals surface area contributed by atoms with E-state index in [-0.39, 0.29) is 12.4 Å². The fraction of sp³-hybridized carbons (Fsp3) is 0.222. The molecule has 124 valence electrons. The van der Waals surface area contributed by atoms with Crippen LogP contribution in [0.3, 0.4) is 0 Å². The van der Waals surface area contributed by atoms with Crippen LogP contribution in [-0.4, -0.2) is 20.1 Å². The number of hydrogen-bond donors (Lipinski definition) is 2. The lowest BCUT2D eigenvalue weighted by molar-refractivity contribution is 0.409. The largest absolute Gasteiger partial charge is 0.496 e. The SMILES string of the molecule is CN=C(NCc1cc(C#N)ccc1F)NCc1ccccc1OC. The Morgan fingerprint density at radius 2 is 1.88 bits per heavy atom. The Hall–Kier alpha value is -3.07. The molecule has 6 heteroatoms. The highest BCUT2D eigenvalue weighted by Gasteiger charge is 2.06. The van der Waals surface area contributed by atoms with Crippen molar-refractivity contribution in [2.45, 2.75) is 13.1 Å². The number of para-hydroxylation sites is 1. The van der Waals surface area contributed by atoms with Gasteiger partial charge in [-0.25, -0.2) is 4.39 Å². The number of rotatable bonds is 5. The number of hydrogen-bond acceptors (Lipinski definition) is 3. The summed E-state index contributed by atoms with van der Waals surface area (Å²) in [4.78, 5) is 4.11. The van der Waals surface area contributed by atoms with Gasteiger partial charge in [-0.15, -0.1) is 0 Å². The van der Waals surface area contributed by atoms with E-state index in [1.165, 1.54) is 18.2 Å². The number of nitrogens with one attached hydrogen (secondary N) is 2. The lowest BCUT2D eigenvalue weighted by Gasteiger charge is -2.14. The van der Waals surface area contributed by atoms with Gasteiger partial charge >= 0.3 is 0 Å². The van der Waals surface area contributed by atoms with Crippen molar-refractivity contribution in [1.29, 1.82) is 5.26 Å². The number of methoxy groups -OCH3 is 1. The zero-order valence-corrected chi connectivity index (χ0v) is 13.6. The molecule has 0 aliphatic rings. The van der Waals surface area contributed by atoms with Gasteiger partial charge in [0.25, 0.3) is 0 Å². The van der Waals surface area contributed by atoms with E-state index in [9.17, 15) is 4.39 Å². The first-order valence-corrected chi connectivity index (χ1v) is 7.43. The zero-order chi connectivity index (χ0) is 17.4. The fourth-order valence-electron chi connectivity index (χ4n) is 2.21. The second-order valence-electron chi connectivity index (χ2n) is 5.01. The third kappa shape index (κ3) is 4.46. The van der Waals surface area contributed by atoms with Crippen LogP contribution in [0.25, 0.3) is 0 Å². The minimum atomic E-state index is -0.360. The highest BCUT2D eigenvalue weighted by molar-refractivity contribution is 5.79. The topological polar surface area (TPSA) is 69.4 Å². The number of nitriles is 1. The van der Waals surface area contributed by atoms with Crippen molar-refractivity contribution >= 4 is 5.96 Å². The number of halogens is 1. The van der Waals surface area contributed by atoms with Gasteiger partial charge < -0.3 is 15.4 Å². The zero-order valence-electron chi connectivity index (χ0n) is 13.6. The summed E-state index contributed by atoms with van der Waals surface area (Å²) in [6.07, 6.45) is 0. The van der Waals surface area contributed by atoms with Crippen molar-refractivity contribution in [1.82, 2.24) is 10.6 Å². The quantitative estimate of drug-likeness (QED) is 0.654. The van der Waals surface area contributed by atoms with Crippen molar-refractivity contribution in [2.24, 2.45) is 4.99 Å². The molecule has 0 radical (unpaired) electrons. The molecular weight excluding hydrogens is 307 g/mol. The van der Waals surface area contributed by atoms with Crippen molar-refractivity contribution in [3.05, 3.63) is 65.0 Å². The number of nitrogens with zero attached hydrogens (tertiary/aromatic N) is 2. The van der Waals surface area contributed by atoms with Gasteiger partial charge in [-0.3, -0.25) is 4.99 Å². The lowest BCUT2D eigenvalue weighted by atomic mass is 10.1. The molecule has 0 unspecified atom stereocenters. The molecule has 2 N–H and O–H groups in total. The maximum absolute atomic E-state index is 13.8. The van der Waals surface area contributed by atoms with E-state index in [4.69, 9.17) is 10.00 Å². The molecule has 0 aromatic heterocycles. The van der Waals surface area contributed by atoms with Gasteiger partial charge in [0.2, 0.25) is 0 Å². The summed E-state index contributed by atoms with van der Waals surface area (Å²) < 4.78 is 19.1. The maximum Gasteiger partial charge on any atom is 0.191 e. The summed E-state index contributed by atoms with van der Waals surface area (Å²) in [5, 5.41) is 15.1. The second kappa shape index (κ2) is 8.53. The van der Waals surface area contributed by atoms with Crippen molar-refractivity contribution < 1.29 is 9.13 Å². The first-order chi connectivity index (χ1) is 11.7. The van der Waals surface area contributed by atoms with Gasteiger partial charge in [-0.2, -0.15) is 5.26 Å². The Labute approximate surface area is 140 Å². The predicted molar refractivity (Wildman–Crippen MR) is 91.1 cm³/mol. The standard InChI is InChI=1S/C18H19FN4O/c1-21-18(22-11-14-5-3-4-6-17(14)24-2)23-12-15-9-13(10-20)7-8-16(15)19/h3-9H,11-12H2,1-2H3,(H2,21,22,23). The minimum absolute atomic E-state index is 0.229. The molecule has 0 aliphatic carbocycles. The Bertz CT molecular complexity index is 768. The smallest absolute Gasteiger partial charge is 0.191 e. The van der Waals surface area contributed by atoms with Gasteiger partial charge in [0.05, 0.1) is 18.7 Å². The maximum atomic E-state index is 13.8. The normalized spacial score (nSPS) is 10.8. The molecule has 0 bridgehead atoms. The molecule has 0 fully saturated rings. The monoisotopic (exact) mass is 326 g/mol. The summed E-state index contributed by atoms with van der Waals surface area (Å²) in [7, 11) is 3.26. The van der Waals surface area contributed by atoms with Gasteiger partial charge in [0.15, 0.2) is 5.96 Å². The summed E-state index contributed by atoms with van der Waals surface area (Å²) in [6.45, 7) is 0.747. The average Bonchev–Trinajstić information content (AvgIpc) is 2.63. The second-order valence-corrected chi connectivity index (χ2v) is 5.01. The van der Waals surface area contributed by atoms with Crippen LogP contribution in [0.1, 0.15) is 16.7 Å². The Morgan fingerprint density at radius 1 is 1.17 bits per heavy atom. The van der Waals surface area contributed by atoms with E-state index in [0.29, 0.717) is 23.6 Å². The lowest BCUT2D eigenvalue weighted by Crippen LogP contribution is -2.36. The van der Waals surface area contributed by atoms with Crippen LogP contribution in [-0.2, 0) is 13.1 Å². The average molecular weight is 326 g/mol. The van der Waals surface area contributed by atoms with Crippen LogP contribution in [0, 0.1) is 17.1 Å². The predicted octanol–water partition coefficient (Wildman–Crippen LogP) is 2.57. The molecular formula is C18H19FN4O. The number of benzene rings is 2. The minimum Gasteiger partial charge on any atom is -0.496 e. The van der Waals surface area contributed by atoms with E-state index in [1.54, 1.807) is 14.2 Å². The van der Waals surface area contributed by atoms with Gasteiger partial charge in [-0.05, 0) is 24.3 Å². The molecule has 24 heavy (non-hydrogen) atoms. The first kappa shape index (κ1) is 17.3. The molecule has 0 spiro atoms. The van der Waals surface area contributed by atoms with Crippen molar-refractivity contribution in [3.63, 3.8) is 0 Å². The molecule has 0 aliphatic heterocycles. The molecule has 2 aromatic rings. The summed E-state index contributed by atoms with van der Waals surface area (Å²) in [6, 6.07) is 13.9. The molecule has 2 aromatic carbocycles. The van der Waals surface area contributed by atoms with Crippen molar-refractivity contribution in [2.75, 3.05) is 14.2 Å². The molecule has 2 rings (SSSR count). The molecule has 0 heterocycles. The molecule has 5 nitrogen and oxygen atoms in total. The summed E-state index contributed by atoms with van der Waals surface area (Å²) in [5.74, 6) is 0.956. The fourth-order valence-corrected chi connectivity index (χ4v) is 2.21. The number of ether oxygens (including phenoxy) is 1. The van der Waals surface area contributed by atoms with Crippen LogP contribution in [0.5, 0.6) is 5.75 Å². The molecule has 0 amide bonds. The van der Waals surface area contributed by atoms with Crippen molar-refractivity contribution in [3.8, 4) is 11.8 Å². The Kier molecular flexibility index (Phi) is 6.15. The highest BCUT2D eigenvalue weighted by atomic mass is 19.1. The molecule has 0 saturated carbocycles. The third-order valence-corrected chi connectivity index (χ3v) is 3.48. The van der Waals surface area contributed by atoms with Gasteiger partial charge in [0.1, 0.15) is 11.6 Å². The highest BCUT2D eigenvalue weighted by Crippen LogP contribution is 2.16. The summed E-state index contributed by atoms with van der Waals surface area (Å²) in [5.41, 5.74) is 1.82. The third-order valence-electron chi connectivity index (χ3n) is 3.48. The van der Waals surface area contributed by atoms with E-state index >= 15 is 0 Å². The van der Waals surface area contributed by atoms with E-state index in [2.05, 4.69) is 15.6 Å². The van der Waals surface area contributed by atoms with Crippen LogP contribution in [0.2, 0.25) is 0 Å². The number of aliphatic imine (C=N–C) groups is 1. The van der Waals surface area contributed by atoms with E-state index in [0.717, 1.165) is 11.3 Å². The van der Waals surface area contributed by atoms with Gasteiger partial charge in [0, 0.05) is 31.3 Å². The molecule has 0 atom stereocenters. The van der Waals surface area contributed by atoms with E-state index in [1.807, 2.05) is 30.3 Å². The van der Waals surface area contributed by atoms with Crippen LogP contribution >= 0.6 is 0 Å².